The van der Waals surface area contributed by atoms with Gasteiger partial charge in [-0.05, 0) is 46.3 Å². The van der Waals surface area contributed by atoms with Gasteiger partial charge in [-0.1, -0.05) is 18.2 Å². The molecule has 6 nitrogen and oxygen atoms in total. The van der Waals surface area contributed by atoms with Crippen molar-refractivity contribution in [2.75, 3.05) is 14.2 Å². The number of methoxy groups -OCH3 is 2. The fourth-order valence-electron chi connectivity index (χ4n) is 2.90. The molecule has 0 aliphatic rings. The van der Waals surface area contributed by atoms with E-state index >= 15 is 0 Å². The second-order valence-corrected chi connectivity index (χ2v) is 6.71. The molecule has 0 amide bonds. The molecular formula is C21H15BrFNO5. The smallest absolute Gasteiger partial charge is 0.403 e. The molecule has 0 fully saturated rings. The number of hydrogen-bond acceptors (Lipinski definition) is 5. The molecule has 0 atom stereocenters. The number of hydrogen-bond donors (Lipinski definition) is 0. The monoisotopic (exact) mass is 459 g/mol. The maximum absolute atomic E-state index is 13.8. The number of carbonyl (C=O) groups excluding carboxylic acids is 2. The van der Waals surface area contributed by atoms with Crippen LogP contribution in [0, 0.1) is 5.82 Å². The standard InChI is InChI=1S/C21H15BrFNO5/c1-28-20(26)18(19(25)21(27)29-2)24-11-13-10-14(23)8-9-15(13)16(22)17(24)12-6-4-3-5-7-12/h3-11H,1-2H3. The molecule has 0 saturated carbocycles. The van der Waals surface area contributed by atoms with Gasteiger partial charge in [0, 0.05) is 10.9 Å². The van der Waals surface area contributed by atoms with Gasteiger partial charge < -0.3 is 14.6 Å². The Morgan fingerprint density at radius 1 is 1.03 bits per heavy atom. The number of benzene rings is 2. The zero-order chi connectivity index (χ0) is 21.1. The van der Waals surface area contributed by atoms with E-state index in [1.54, 1.807) is 30.3 Å². The van der Waals surface area contributed by atoms with Gasteiger partial charge in [0.15, 0.2) is 6.20 Å². The van der Waals surface area contributed by atoms with Gasteiger partial charge in [0.25, 0.3) is 5.70 Å². The van der Waals surface area contributed by atoms with Crippen LogP contribution in [-0.4, -0.2) is 26.2 Å². The summed E-state index contributed by atoms with van der Waals surface area (Å²) in [6.07, 6.45) is 1.40. The van der Waals surface area contributed by atoms with Crippen LogP contribution in [0.1, 0.15) is 0 Å². The lowest BCUT2D eigenvalue weighted by atomic mass is 10.1. The topological polar surface area (TPSA) is 79.5 Å². The van der Waals surface area contributed by atoms with Crippen LogP contribution in [0.25, 0.3) is 27.7 Å². The number of pyridine rings is 1. The fourth-order valence-corrected chi connectivity index (χ4v) is 3.68. The summed E-state index contributed by atoms with van der Waals surface area (Å²) >= 11 is 3.50. The van der Waals surface area contributed by atoms with Crippen LogP contribution in [0.3, 0.4) is 0 Å². The highest BCUT2D eigenvalue weighted by Crippen LogP contribution is 2.33. The molecule has 0 unspecified atom stereocenters. The lowest BCUT2D eigenvalue weighted by molar-refractivity contribution is -0.570. The molecule has 0 spiro atoms. The molecule has 0 aliphatic heterocycles. The summed E-state index contributed by atoms with van der Waals surface area (Å²) in [5, 5.41) is 13.7. The van der Waals surface area contributed by atoms with Crippen molar-refractivity contribution in [3.05, 3.63) is 70.8 Å². The van der Waals surface area contributed by atoms with Crippen molar-refractivity contribution in [2.24, 2.45) is 0 Å². The minimum absolute atomic E-state index is 0.399. The van der Waals surface area contributed by atoms with Crippen LogP contribution in [0.2, 0.25) is 0 Å². The number of halogens is 2. The number of fused-ring (bicyclic) bond motifs is 1. The molecule has 1 heterocycles. The van der Waals surface area contributed by atoms with Gasteiger partial charge in [0.05, 0.1) is 29.8 Å². The van der Waals surface area contributed by atoms with Gasteiger partial charge in [-0.3, -0.25) is 0 Å². The average Bonchev–Trinajstić information content (AvgIpc) is 2.73. The first-order chi connectivity index (χ1) is 13.9. The Bertz CT molecular complexity index is 1140. The Morgan fingerprint density at radius 2 is 1.69 bits per heavy atom. The Hall–Kier alpha value is -3.26. The second-order valence-electron chi connectivity index (χ2n) is 5.92. The fraction of sp³-hybridized carbons (Fsp3) is 0.0952. The lowest BCUT2D eigenvalue weighted by Gasteiger charge is -2.15. The van der Waals surface area contributed by atoms with E-state index in [0.29, 0.717) is 26.5 Å². The van der Waals surface area contributed by atoms with E-state index in [9.17, 15) is 19.1 Å². The summed E-state index contributed by atoms with van der Waals surface area (Å²) in [7, 11) is 2.12. The van der Waals surface area contributed by atoms with Gasteiger partial charge >= 0.3 is 11.9 Å². The van der Waals surface area contributed by atoms with E-state index in [1.165, 1.54) is 22.9 Å². The molecule has 0 N–H and O–H groups in total. The van der Waals surface area contributed by atoms with Crippen LogP contribution in [-0.2, 0) is 19.1 Å². The maximum atomic E-state index is 13.8. The maximum Gasteiger partial charge on any atom is 0.403 e. The average molecular weight is 460 g/mol. The third-order valence-corrected chi connectivity index (χ3v) is 5.02. The Labute approximate surface area is 173 Å². The van der Waals surface area contributed by atoms with Crippen molar-refractivity contribution >= 4 is 44.3 Å². The highest BCUT2D eigenvalue weighted by Gasteiger charge is 2.32. The summed E-state index contributed by atoms with van der Waals surface area (Å²) in [5.74, 6) is -3.95. The zero-order valence-electron chi connectivity index (χ0n) is 15.4. The van der Waals surface area contributed by atoms with Crippen molar-refractivity contribution in [3.63, 3.8) is 0 Å². The number of esters is 2. The van der Waals surface area contributed by atoms with Crippen molar-refractivity contribution < 1.29 is 33.1 Å². The van der Waals surface area contributed by atoms with Crippen molar-refractivity contribution in [1.82, 2.24) is 0 Å². The largest absolute Gasteiger partial charge is 0.863 e. The number of rotatable bonds is 4. The highest BCUT2D eigenvalue weighted by molar-refractivity contribution is 9.10. The Morgan fingerprint density at radius 3 is 2.31 bits per heavy atom. The Kier molecular flexibility index (Phi) is 5.93. The summed E-state index contributed by atoms with van der Waals surface area (Å²) in [6, 6.07) is 13.0. The molecule has 8 heteroatoms. The summed E-state index contributed by atoms with van der Waals surface area (Å²) in [5.41, 5.74) is 0.470. The van der Waals surface area contributed by atoms with Crippen LogP contribution < -0.4 is 9.67 Å². The van der Waals surface area contributed by atoms with Crippen LogP contribution in [0.15, 0.2) is 65.0 Å². The van der Waals surface area contributed by atoms with E-state index in [2.05, 4.69) is 20.7 Å². The molecule has 148 valence electrons. The molecule has 1 aromatic heterocycles. The number of aromatic nitrogens is 1. The van der Waals surface area contributed by atoms with Gasteiger partial charge in [-0.25, -0.2) is 14.0 Å². The third kappa shape index (κ3) is 3.84. The van der Waals surface area contributed by atoms with Gasteiger partial charge in [-0.15, -0.1) is 0 Å². The molecule has 0 aliphatic carbocycles. The van der Waals surface area contributed by atoms with E-state index < -0.39 is 29.2 Å². The van der Waals surface area contributed by atoms with Gasteiger partial charge in [-0.2, -0.15) is 4.57 Å². The summed E-state index contributed by atoms with van der Waals surface area (Å²) < 4.78 is 24.8. The summed E-state index contributed by atoms with van der Waals surface area (Å²) in [6.45, 7) is 0. The van der Waals surface area contributed by atoms with E-state index in [-0.39, 0.29) is 0 Å². The molecule has 3 aromatic rings. The number of nitrogens with zero attached hydrogens (tertiary/aromatic N) is 1. The molecule has 0 saturated heterocycles. The molecule has 3 rings (SSSR count). The first-order valence-corrected chi connectivity index (χ1v) is 9.15. The highest BCUT2D eigenvalue weighted by atomic mass is 79.9. The van der Waals surface area contributed by atoms with Crippen LogP contribution >= 0.6 is 15.9 Å². The second kappa shape index (κ2) is 8.40. The van der Waals surface area contributed by atoms with E-state index in [0.717, 1.165) is 14.2 Å². The predicted molar refractivity (Wildman–Crippen MR) is 104 cm³/mol. The minimum Gasteiger partial charge on any atom is -0.863 e. The van der Waals surface area contributed by atoms with E-state index in [1.807, 2.05) is 6.07 Å². The zero-order valence-corrected chi connectivity index (χ0v) is 17.0. The van der Waals surface area contributed by atoms with Crippen LogP contribution in [0.5, 0.6) is 0 Å². The first kappa shape index (κ1) is 20.5. The molecule has 0 bridgehead atoms. The normalized spacial score (nSPS) is 11.7. The van der Waals surface area contributed by atoms with Gasteiger partial charge in [0.2, 0.25) is 5.69 Å². The number of carbonyl (C=O) groups is 2. The van der Waals surface area contributed by atoms with E-state index in [4.69, 9.17) is 4.74 Å². The number of ether oxygens (including phenoxy) is 2. The molecule has 29 heavy (non-hydrogen) atoms. The van der Waals surface area contributed by atoms with Crippen LogP contribution in [0.4, 0.5) is 4.39 Å². The molecular weight excluding hydrogens is 445 g/mol. The molecule has 2 aromatic carbocycles. The Balaban J connectivity index is 2.49. The third-order valence-electron chi connectivity index (χ3n) is 4.22. The SMILES string of the molecule is COC(=O)/C([O-])=C(\C(=O)OC)[n+]1cc2cc(F)ccc2c(Br)c1-c1ccccc1. The minimum atomic E-state index is -1.23. The predicted octanol–water partition coefficient (Wildman–Crippen LogP) is 2.57. The van der Waals surface area contributed by atoms with Crippen molar-refractivity contribution in [3.8, 4) is 11.3 Å². The quantitative estimate of drug-likeness (QED) is 0.259. The summed E-state index contributed by atoms with van der Waals surface area (Å²) in [4.78, 5) is 24.4. The van der Waals surface area contributed by atoms with Crippen molar-refractivity contribution in [2.45, 2.75) is 0 Å². The van der Waals surface area contributed by atoms with Gasteiger partial charge in [0.1, 0.15) is 5.82 Å². The first-order valence-electron chi connectivity index (χ1n) is 8.36. The van der Waals surface area contributed by atoms with Crippen molar-refractivity contribution in [1.29, 1.82) is 0 Å². The molecule has 0 radical (unpaired) electrons. The lowest BCUT2D eigenvalue weighted by Crippen LogP contribution is -2.43.